The highest BCUT2D eigenvalue weighted by atomic mass is 16.6. The first-order valence-corrected chi connectivity index (χ1v) is 15.0. The Bertz CT molecular complexity index is 908. The Labute approximate surface area is 230 Å². The third-order valence-electron chi connectivity index (χ3n) is 7.31. The van der Waals surface area contributed by atoms with Crippen LogP contribution >= 0.6 is 0 Å². The predicted molar refractivity (Wildman–Crippen MR) is 153 cm³/mol. The van der Waals surface area contributed by atoms with Gasteiger partial charge in [-0.2, -0.15) is 0 Å². The lowest BCUT2D eigenvalue weighted by molar-refractivity contribution is -0.135. The van der Waals surface area contributed by atoms with Crippen LogP contribution in [-0.2, 0) is 16.1 Å². The molecular weight excluding hydrogens is 476 g/mol. The molecule has 5 nitrogen and oxygen atoms in total. The predicted octanol–water partition coefficient (Wildman–Crippen LogP) is 8.67. The van der Waals surface area contributed by atoms with Crippen molar-refractivity contribution in [3.05, 3.63) is 54.1 Å². The van der Waals surface area contributed by atoms with Gasteiger partial charge >= 0.3 is 5.97 Å². The smallest absolute Gasteiger partial charge is 0.343 e. The van der Waals surface area contributed by atoms with Gasteiger partial charge in [0.15, 0.2) is 6.10 Å². The van der Waals surface area contributed by atoms with Gasteiger partial charge in [-0.15, -0.1) is 0 Å². The molecule has 3 atom stereocenters. The number of unbranched alkanes of at least 4 members (excludes halogenated alkanes) is 8. The fourth-order valence-electron chi connectivity index (χ4n) is 4.81. The van der Waals surface area contributed by atoms with Crippen molar-refractivity contribution in [1.82, 2.24) is 0 Å². The van der Waals surface area contributed by atoms with E-state index in [4.69, 9.17) is 18.9 Å². The minimum Gasteiger partial charge on any atom is -0.494 e. The lowest BCUT2D eigenvalue weighted by atomic mass is 9.93. The molecule has 1 heterocycles. The van der Waals surface area contributed by atoms with Gasteiger partial charge in [-0.05, 0) is 60.7 Å². The van der Waals surface area contributed by atoms with Crippen LogP contribution in [0.15, 0.2) is 48.5 Å². The molecule has 2 aromatic rings. The largest absolute Gasteiger partial charge is 0.494 e. The maximum Gasteiger partial charge on any atom is 0.343 e. The number of ether oxygens (including phenoxy) is 4. The van der Waals surface area contributed by atoms with E-state index in [-0.39, 0.29) is 12.1 Å². The standard InChI is InChI=1S/C33H48O5/c1-4-7-9-11-12-14-24-35-28-18-16-26(17-19-28)25-36-29-20-22-30(23-21-29)37-33(34)32-31(38-32)27(6-3)15-13-10-8-5-2/h16-23,27,31-32H,4-15,24-25H2,1-3H3/t27?,31-,32+/m0/s1. The highest BCUT2D eigenvalue weighted by molar-refractivity contribution is 5.80. The summed E-state index contributed by atoms with van der Waals surface area (Å²) < 4.78 is 23.1. The molecule has 1 aliphatic rings. The number of carbonyl (C=O) groups excluding carboxylic acids is 1. The van der Waals surface area contributed by atoms with Crippen LogP contribution in [0, 0.1) is 5.92 Å². The van der Waals surface area contributed by atoms with Crippen molar-refractivity contribution in [2.75, 3.05) is 6.61 Å². The Balaban J connectivity index is 1.33. The third-order valence-corrected chi connectivity index (χ3v) is 7.31. The Morgan fingerprint density at radius 1 is 0.737 bits per heavy atom. The summed E-state index contributed by atoms with van der Waals surface area (Å²) >= 11 is 0. The van der Waals surface area contributed by atoms with E-state index in [2.05, 4.69) is 20.8 Å². The molecule has 0 amide bonds. The minimum absolute atomic E-state index is 0.00377. The molecule has 1 unspecified atom stereocenters. The summed E-state index contributed by atoms with van der Waals surface area (Å²) in [5, 5.41) is 0. The molecule has 0 bridgehead atoms. The van der Waals surface area contributed by atoms with Gasteiger partial charge in [-0.3, -0.25) is 0 Å². The molecule has 210 valence electrons. The molecule has 0 aromatic heterocycles. The first kappa shape index (κ1) is 30.0. The average Bonchev–Trinajstić information content (AvgIpc) is 3.74. The molecule has 2 aromatic carbocycles. The lowest BCUT2D eigenvalue weighted by Crippen LogP contribution is -2.20. The van der Waals surface area contributed by atoms with Crippen LogP contribution < -0.4 is 14.2 Å². The van der Waals surface area contributed by atoms with Crippen LogP contribution in [0.5, 0.6) is 17.2 Å². The quantitative estimate of drug-likeness (QED) is 0.0750. The van der Waals surface area contributed by atoms with Crippen molar-refractivity contribution >= 4 is 5.97 Å². The molecule has 1 aliphatic heterocycles. The summed E-state index contributed by atoms with van der Waals surface area (Å²) in [7, 11) is 0. The van der Waals surface area contributed by atoms with E-state index in [0.717, 1.165) is 42.9 Å². The Morgan fingerprint density at radius 3 is 2.00 bits per heavy atom. The maximum atomic E-state index is 12.6. The second-order valence-corrected chi connectivity index (χ2v) is 10.5. The molecule has 1 saturated heterocycles. The summed E-state index contributed by atoms with van der Waals surface area (Å²) in [6.07, 6.45) is 14.2. The van der Waals surface area contributed by atoms with Crippen LogP contribution in [0.1, 0.15) is 103 Å². The third kappa shape index (κ3) is 10.7. The van der Waals surface area contributed by atoms with E-state index in [0.29, 0.717) is 18.3 Å². The SMILES string of the molecule is CCCCCCCCOc1ccc(COc2ccc(OC(=O)[C@@H]3O[C@H]3C(CC)CCCCCC)cc2)cc1. The number of carbonyl (C=O) groups is 1. The molecule has 3 rings (SSSR count). The minimum atomic E-state index is -0.431. The second kappa shape index (κ2) is 17.1. The topological polar surface area (TPSA) is 57.3 Å². The summed E-state index contributed by atoms with van der Waals surface area (Å²) in [4.78, 5) is 12.6. The van der Waals surface area contributed by atoms with Crippen molar-refractivity contribution in [2.45, 2.75) is 117 Å². The highest BCUT2D eigenvalue weighted by Gasteiger charge is 2.50. The summed E-state index contributed by atoms with van der Waals surface area (Å²) in [6.45, 7) is 7.87. The number of rotatable bonds is 20. The first-order chi connectivity index (χ1) is 18.6. The van der Waals surface area contributed by atoms with Gasteiger partial charge in [0.2, 0.25) is 0 Å². The summed E-state index contributed by atoms with van der Waals surface area (Å²) in [5.41, 5.74) is 1.07. The van der Waals surface area contributed by atoms with Crippen LogP contribution in [0.25, 0.3) is 0 Å². The van der Waals surface area contributed by atoms with Crippen molar-refractivity contribution in [2.24, 2.45) is 5.92 Å². The van der Waals surface area contributed by atoms with Crippen LogP contribution in [0.3, 0.4) is 0 Å². The molecule has 5 heteroatoms. The number of esters is 1. The van der Waals surface area contributed by atoms with E-state index in [1.807, 2.05) is 36.4 Å². The summed E-state index contributed by atoms with van der Waals surface area (Å²) in [5.74, 6) is 2.28. The van der Waals surface area contributed by atoms with Crippen molar-refractivity contribution in [3.63, 3.8) is 0 Å². The van der Waals surface area contributed by atoms with Gasteiger partial charge in [0.05, 0.1) is 12.7 Å². The Hall–Kier alpha value is -2.53. The van der Waals surface area contributed by atoms with Crippen molar-refractivity contribution < 1.29 is 23.7 Å². The van der Waals surface area contributed by atoms with Gasteiger partial charge in [-0.1, -0.05) is 97.1 Å². The fourth-order valence-corrected chi connectivity index (χ4v) is 4.81. The number of benzene rings is 2. The Morgan fingerprint density at radius 2 is 1.32 bits per heavy atom. The van der Waals surface area contributed by atoms with E-state index in [1.165, 1.54) is 57.8 Å². The molecule has 0 aliphatic carbocycles. The number of epoxide rings is 1. The molecule has 38 heavy (non-hydrogen) atoms. The highest BCUT2D eigenvalue weighted by Crippen LogP contribution is 2.36. The average molecular weight is 525 g/mol. The zero-order valence-corrected chi connectivity index (χ0v) is 23.8. The Kier molecular flexibility index (Phi) is 13.5. The first-order valence-electron chi connectivity index (χ1n) is 15.0. The van der Waals surface area contributed by atoms with Gasteiger partial charge in [-0.25, -0.2) is 4.79 Å². The van der Waals surface area contributed by atoms with Crippen molar-refractivity contribution in [1.29, 1.82) is 0 Å². The van der Waals surface area contributed by atoms with Crippen LogP contribution in [-0.4, -0.2) is 24.8 Å². The zero-order valence-electron chi connectivity index (χ0n) is 23.8. The van der Waals surface area contributed by atoms with Gasteiger partial charge in [0, 0.05) is 0 Å². The van der Waals surface area contributed by atoms with Gasteiger partial charge < -0.3 is 18.9 Å². The molecule has 0 saturated carbocycles. The van der Waals surface area contributed by atoms with Gasteiger partial charge in [0.1, 0.15) is 23.9 Å². The lowest BCUT2D eigenvalue weighted by Gasteiger charge is -2.11. The molecule has 0 N–H and O–H groups in total. The monoisotopic (exact) mass is 524 g/mol. The van der Waals surface area contributed by atoms with E-state index in [9.17, 15) is 4.79 Å². The van der Waals surface area contributed by atoms with Crippen LogP contribution in [0.4, 0.5) is 0 Å². The van der Waals surface area contributed by atoms with Crippen molar-refractivity contribution in [3.8, 4) is 17.2 Å². The van der Waals surface area contributed by atoms with E-state index >= 15 is 0 Å². The molecule has 0 spiro atoms. The summed E-state index contributed by atoms with van der Waals surface area (Å²) in [6, 6.07) is 15.3. The zero-order chi connectivity index (χ0) is 27.0. The molecule has 0 radical (unpaired) electrons. The van der Waals surface area contributed by atoms with E-state index in [1.54, 1.807) is 12.1 Å². The second-order valence-electron chi connectivity index (χ2n) is 10.5. The van der Waals surface area contributed by atoms with Crippen LogP contribution in [0.2, 0.25) is 0 Å². The fraction of sp³-hybridized carbons (Fsp3) is 0.606. The number of hydrogen-bond donors (Lipinski definition) is 0. The van der Waals surface area contributed by atoms with E-state index < -0.39 is 6.10 Å². The normalized spacial score (nSPS) is 17.1. The maximum absolute atomic E-state index is 12.6. The van der Waals surface area contributed by atoms with Gasteiger partial charge in [0.25, 0.3) is 0 Å². The number of hydrogen-bond acceptors (Lipinski definition) is 5. The molecular formula is C33H48O5. The molecule has 1 fully saturated rings.